The molecule has 2 N–H and O–H groups in total. The standard InChI is InChI=1S/C25H27N5O3/c1-30-21-8-3-2-7-20(21)29-24(30)17-27-25(26-12-11-19-6-4-13-31-19)28-18-9-10-22-23(16-18)33-15-5-14-32-22/h2-4,6-10,13,16H,5,11-12,14-15,17H2,1H3,(H2,26,27,28). The molecule has 170 valence electrons. The predicted molar refractivity (Wildman–Crippen MR) is 128 cm³/mol. The van der Waals surface area contributed by atoms with Crippen LogP contribution in [0.5, 0.6) is 11.5 Å². The highest BCUT2D eigenvalue weighted by molar-refractivity contribution is 5.94. The number of rotatable bonds is 6. The first-order valence-electron chi connectivity index (χ1n) is 11.1. The molecule has 2 aromatic heterocycles. The molecule has 0 fully saturated rings. The first-order valence-corrected chi connectivity index (χ1v) is 11.1. The van der Waals surface area contributed by atoms with E-state index in [0.29, 0.717) is 32.3 Å². The zero-order valence-corrected chi connectivity index (χ0v) is 18.6. The van der Waals surface area contributed by atoms with Gasteiger partial charge in [0, 0.05) is 38.2 Å². The van der Waals surface area contributed by atoms with Gasteiger partial charge in [-0.05, 0) is 36.4 Å². The number of fused-ring (bicyclic) bond motifs is 2. The Morgan fingerprint density at radius 3 is 2.79 bits per heavy atom. The highest BCUT2D eigenvalue weighted by Gasteiger charge is 2.12. The lowest BCUT2D eigenvalue weighted by atomic mass is 10.2. The third-order valence-electron chi connectivity index (χ3n) is 5.51. The van der Waals surface area contributed by atoms with Crippen LogP contribution in [0, 0.1) is 0 Å². The molecule has 1 aliphatic heterocycles. The molecule has 0 saturated heterocycles. The second-order valence-electron chi connectivity index (χ2n) is 7.83. The van der Waals surface area contributed by atoms with Crippen LogP contribution in [0.2, 0.25) is 0 Å². The summed E-state index contributed by atoms with van der Waals surface area (Å²) in [5, 5.41) is 6.78. The average Bonchev–Trinajstić information content (AvgIpc) is 3.39. The summed E-state index contributed by atoms with van der Waals surface area (Å²) in [4.78, 5) is 9.53. The third kappa shape index (κ3) is 4.95. The fraction of sp³-hybridized carbons (Fsp3) is 0.280. The number of imidazole rings is 1. The molecule has 0 spiro atoms. The number of ether oxygens (including phenoxy) is 2. The van der Waals surface area contributed by atoms with Crippen LogP contribution in [0.1, 0.15) is 18.0 Å². The lowest BCUT2D eigenvalue weighted by Crippen LogP contribution is -2.32. The number of para-hydroxylation sites is 2. The van der Waals surface area contributed by atoms with E-state index < -0.39 is 0 Å². The number of aliphatic imine (C=N–C) groups is 1. The molecule has 3 heterocycles. The molecule has 4 aromatic rings. The Morgan fingerprint density at radius 1 is 1.06 bits per heavy atom. The van der Waals surface area contributed by atoms with Crippen molar-refractivity contribution in [2.75, 3.05) is 25.1 Å². The van der Waals surface area contributed by atoms with Crippen LogP contribution in [0.3, 0.4) is 0 Å². The van der Waals surface area contributed by atoms with Crippen molar-refractivity contribution >= 4 is 22.7 Å². The molecule has 0 amide bonds. The molecule has 2 aromatic carbocycles. The van der Waals surface area contributed by atoms with E-state index in [0.717, 1.165) is 52.6 Å². The molecule has 8 heteroatoms. The van der Waals surface area contributed by atoms with Crippen molar-refractivity contribution in [3.05, 3.63) is 72.4 Å². The topological polar surface area (TPSA) is 85.8 Å². The Kier molecular flexibility index (Phi) is 6.14. The molecule has 0 unspecified atom stereocenters. The maximum atomic E-state index is 5.83. The zero-order valence-electron chi connectivity index (χ0n) is 18.6. The van der Waals surface area contributed by atoms with Gasteiger partial charge in [-0.15, -0.1) is 0 Å². The summed E-state index contributed by atoms with van der Waals surface area (Å²) in [6, 6.07) is 17.8. The summed E-state index contributed by atoms with van der Waals surface area (Å²) < 4.78 is 19.1. The molecule has 0 saturated carbocycles. The van der Waals surface area contributed by atoms with E-state index in [-0.39, 0.29) is 0 Å². The lowest BCUT2D eigenvalue weighted by molar-refractivity contribution is 0.297. The minimum absolute atomic E-state index is 0.436. The monoisotopic (exact) mass is 445 g/mol. The number of aryl methyl sites for hydroxylation is 1. The van der Waals surface area contributed by atoms with Crippen molar-refractivity contribution in [1.29, 1.82) is 0 Å². The fourth-order valence-electron chi connectivity index (χ4n) is 3.76. The smallest absolute Gasteiger partial charge is 0.196 e. The lowest BCUT2D eigenvalue weighted by Gasteiger charge is -2.14. The minimum atomic E-state index is 0.436. The van der Waals surface area contributed by atoms with Crippen LogP contribution < -0.4 is 20.1 Å². The molecule has 33 heavy (non-hydrogen) atoms. The molecular weight excluding hydrogens is 418 g/mol. The van der Waals surface area contributed by atoms with Crippen LogP contribution in [-0.2, 0) is 20.0 Å². The van der Waals surface area contributed by atoms with Crippen LogP contribution in [0.15, 0.2) is 70.3 Å². The van der Waals surface area contributed by atoms with Crippen molar-refractivity contribution in [3.63, 3.8) is 0 Å². The maximum absolute atomic E-state index is 5.83. The van der Waals surface area contributed by atoms with Crippen molar-refractivity contribution in [1.82, 2.24) is 14.9 Å². The van der Waals surface area contributed by atoms with Gasteiger partial charge < -0.3 is 29.1 Å². The number of hydrogen-bond donors (Lipinski definition) is 2. The van der Waals surface area contributed by atoms with Gasteiger partial charge in [0.15, 0.2) is 17.5 Å². The number of nitrogens with one attached hydrogen (secondary N) is 2. The molecule has 0 bridgehead atoms. The van der Waals surface area contributed by atoms with Gasteiger partial charge >= 0.3 is 0 Å². The number of furan rings is 1. The summed E-state index contributed by atoms with van der Waals surface area (Å²) in [7, 11) is 2.02. The third-order valence-corrected chi connectivity index (χ3v) is 5.51. The summed E-state index contributed by atoms with van der Waals surface area (Å²) >= 11 is 0. The van der Waals surface area contributed by atoms with Crippen LogP contribution in [-0.4, -0.2) is 35.3 Å². The van der Waals surface area contributed by atoms with Gasteiger partial charge in [0.2, 0.25) is 0 Å². The number of nitrogens with zero attached hydrogens (tertiary/aromatic N) is 3. The number of aromatic nitrogens is 2. The molecule has 0 atom stereocenters. The summed E-state index contributed by atoms with van der Waals surface area (Å²) in [6.07, 6.45) is 3.31. The Bertz CT molecular complexity index is 1250. The molecule has 0 radical (unpaired) electrons. The zero-order chi connectivity index (χ0) is 22.5. The second kappa shape index (κ2) is 9.68. The second-order valence-corrected chi connectivity index (χ2v) is 7.83. The number of benzene rings is 2. The summed E-state index contributed by atoms with van der Waals surface area (Å²) in [5.41, 5.74) is 2.92. The number of guanidine groups is 1. The normalized spacial score (nSPS) is 13.7. The fourth-order valence-corrected chi connectivity index (χ4v) is 3.76. The van der Waals surface area contributed by atoms with Gasteiger partial charge in [0.25, 0.3) is 0 Å². The largest absolute Gasteiger partial charge is 0.490 e. The summed E-state index contributed by atoms with van der Waals surface area (Å²) in [5.74, 6) is 3.97. The van der Waals surface area contributed by atoms with Gasteiger partial charge in [-0.3, -0.25) is 0 Å². The Hall–Kier alpha value is -3.94. The van der Waals surface area contributed by atoms with Crippen LogP contribution in [0.25, 0.3) is 11.0 Å². The Morgan fingerprint density at radius 2 is 1.94 bits per heavy atom. The number of anilines is 1. The Balaban J connectivity index is 1.35. The molecule has 1 aliphatic rings. The SMILES string of the molecule is Cn1c(CN=C(NCCc2ccco2)Nc2ccc3c(c2)OCCCO3)nc2ccccc21. The van der Waals surface area contributed by atoms with Crippen molar-refractivity contribution in [3.8, 4) is 11.5 Å². The highest BCUT2D eigenvalue weighted by Crippen LogP contribution is 2.32. The summed E-state index contributed by atoms with van der Waals surface area (Å²) in [6.45, 7) is 2.42. The average molecular weight is 446 g/mol. The van der Waals surface area contributed by atoms with Gasteiger partial charge in [0.05, 0.1) is 30.5 Å². The van der Waals surface area contributed by atoms with Gasteiger partial charge in [-0.1, -0.05) is 12.1 Å². The van der Waals surface area contributed by atoms with Gasteiger partial charge in [-0.25, -0.2) is 9.98 Å². The first-order chi connectivity index (χ1) is 16.3. The first kappa shape index (κ1) is 20.9. The van der Waals surface area contributed by atoms with E-state index in [1.165, 1.54) is 0 Å². The van der Waals surface area contributed by atoms with Crippen molar-refractivity contribution in [2.45, 2.75) is 19.4 Å². The van der Waals surface area contributed by atoms with E-state index in [2.05, 4.69) is 21.3 Å². The number of hydrogen-bond acceptors (Lipinski definition) is 5. The predicted octanol–water partition coefficient (Wildman–Crippen LogP) is 4.13. The van der Waals surface area contributed by atoms with E-state index in [4.69, 9.17) is 23.9 Å². The molecule has 8 nitrogen and oxygen atoms in total. The molecular formula is C25H27N5O3. The van der Waals surface area contributed by atoms with Crippen molar-refractivity contribution in [2.24, 2.45) is 12.0 Å². The quantitative estimate of drug-likeness (QED) is 0.343. The van der Waals surface area contributed by atoms with E-state index in [1.54, 1.807) is 6.26 Å². The molecule has 0 aliphatic carbocycles. The maximum Gasteiger partial charge on any atom is 0.196 e. The van der Waals surface area contributed by atoms with E-state index >= 15 is 0 Å². The van der Waals surface area contributed by atoms with Crippen LogP contribution in [0.4, 0.5) is 5.69 Å². The minimum Gasteiger partial charge on any atom is -0.490 e. The van der Waals surface area contributed by atoms with E-state index in [9.17, 15) is 0 Å². The Labute approximate surface area is 192 Å². The van der Waals surface area contributed by atoms with E-state index in [1.807, 2.05) is 55.6 Å². The van der Waals surface area contributed by atoms with Crippen LogP contribution >= 0.6 is 0 Å². The van der Waals surface area contributed by atoms with Gasteiger partial charge in [0.1, 0.15) is 18.1 Å². The van der Waals surface area contributed by atoms with Crippen molar-refractivity contribution < 1.29 is 13.9 Å². The highest BCUT2D eigenvalue weighted by atomic mass is 16.5. The molecule has 5 rings (SSSR count). The van der Waals surface area contributed by atoms with Gasteiger partial charge in [-0.2, -0.15) is 0 Å².